The van der Waals surface area contributed by atoms with E-state index in [-0.39, 0.29) is 24.6 Å². The van der Waals surface area contributed by atoms with E-state index in [2.05, 4.69) is 10.3 Å². The molecule has 0 bridgehead atoms. The summed E-state index contributed by atoms with van der Waals surface area (Å²) in [5.41, 5.74) is 5.97. The van der Waals surface area contributed by atoms with E-state index >= 15 is 0 Å². The number of rotatable bonds is 5. The Balaban J connectivity index is 2.40. The molecular weight excluding hydrogens is 210 g/mol. The van der Waals surface area contributed by atoms with Crippen LogP contribution in [0.15, 0.2) is 18.3 Å². The molecule has 1 aromatic heterocycles. The van der Waals surface area contributed by atoms with Crippen molar-refractivity contribution >= 4 is 23.4 Å². The molecule has 0 saturated heterocycles. The molecule has 0 saturated carbocycles. The number of nitrogens with one attached hydrogen (secondary N) is 1. The topological polar surface area (TPSA) is 105 Å². The van der Waals surface area contributed by atoms with E-state index in [1.165, 1.54) is 6.20 Å². The summed E-state index contributed by atoms with van der Waals surface area (Å²) in [5.74, 6) is -0.927. The molecule has 0 unspecified atom stereocenters. The van der Waals surface area contributed by atoms with Crippen molar-refractivity contribution in [2.45, 2.75) is 19.3 Å². The van der Waals surface area contributed by atoms with Crippen molar-refractivity contribution in [3.8, 4) is 0 Å². The Labute approximate surface area is 92.5 Å². The quantitative estimate of drug-likeness (QED) is 0.686. The van der Waals surface area contributed by atoms with Crippen LogP contribution >= 0.6 is 0 Å². The van der Waals surface area contributed by atoms with E-state index in [9.17, 15) is 9.59 Å². The number of hydrogen-bond donors (Lipinski definition) is 3. The molecule has 1 aromatic rings. The average Bonchev–Trinajstić information content (AvgIpc) is 2.21. The van der Waals surface area contributed by atoms with Crippen LogP contribution in [0, 0.1) is 0 Å². The number of carboxylic acid groups (broad SMARTS) is 1. The Bertz CT molecular complexity index is 393. The first-order chi connectivity index (χ1) is 7.59. The van der Waals surface area contributed by atoms with Gasteiger partial charge in [-0.05, 0) is 18.6 Å². The first kappa shape index (κ1) is 12.0. The fraction of sp³-hybridized carbons (Fsp3) is 0.300. The molecular formula is C10H13N3O3. The number of carbonyl (C=O) groups is 2. The standard InChI is InChI=1S/C10H13N3O3/c11-10-7(3-2-6-12-10)13-8(14)4-1-5-9(15)16/h2-3,6H,1,4-5H2,(H2,11,12)(H,13,14)(H,15,16). The van der Waals surface area contributed by atoms with Crippen LogP contribution in [-0.4, -0.2) is 22.0 Å². The number of anilines is 2. The summed E-state index contributed by atoms with van der Waals surface area (Å²) in [4.78, 5) is 25.4. The molecule has 0 aromatic carbocycles. The zero-order chi connectivity index (χ0) is 12.0. The molecule has 0 atom stereocenters. The lowest BCUT2D eigenvalue weighted by Gasteiger charge is -2.06. The number of amides is 1. The Morgan fingerprint density at radius 1 is 1.44 bits per heavy atom. The Morgan fingerprint density at radius 2 is 2.19 bits per heavy atom. The van der Waals surface area contributed by atoms with Gasteiger partial charge in [-0.15, -0.1) is 0 Å². The van der Waals surface area contributed by atoms with Gasteiger partial charge in [-0.2, -0.15) is 0 Å². The van der Waals surface area contributed by atoms with Crippen LogP contribution in [0.25, 0.3) is 0 Å². The number of aromatic nitrogens is 1. The Hall–Kier alpha value is -2.11. The van der Waals surface area contributed by atoms with Gasteiger partial charge < -0.3 is 16.2 Å². The number of carbonyl (C=O) groups excluding carboxylic acids is 1. The second-order valence-electron chi connectivity index (χ2n) is 3.23. The molecule has 16 heavy (non-hydrogen) atoms. The highest BCUT2D eigenvalue weighted by molar-refractivity contribution is 5.93. The largest absolute Gasteiger partial charge is 0.481 e. The molecule has 86 valence electrons. The molecule has 1 heterocycles. The van der Waals surface area contributed by atoms with Crippen molar-refractivity contribution < 1.29 is 14.7 Å². The third-order valence-electron chi connectivity index (χ3n) is 1.91. The summed E-state index contributed by atoms with van der Waals surface area (Å²) in [6.07, 6.45) is 1.97. The maximum Gasteiger partial charge on any atom is 0.303 e. The van der Waals surface area contributed by atoms with Gasteiger partial charge in [0.05, 0.1) is 5.69 Å². The SMILES string of the molecule is Nc1ncccc1NC(=O)CCCC(=O)O. The molecule has 0 radical (unpaired) electrons. The maximum atomic E-state index is 11.4. The summed E-state index contributed by atoms with van der Waals surface area (Å²) in [5, 5.41) is 11.0. The predicted molar refractivity (Wildman–Crippen MR) is 58.8 cm³/mol. The van der Waals surface area contributed by atoms with Gasteiger partial charge >= 0.3 is 5.97 Å². The van der Waals surface area contributed by atoms with Crippen molar-refractivity contribution in [1.29, 1.82) is 0 Å². The van der Waals surface area contributed by atoms with Gasteiger partial charge in [0.15, 0.2) is 0 Å². The zero-order valence-electron chi connectivity index (χ0n) is 8.64. The second kappa shape index (κ2) is 5.69. The van der Waals surface area contributed by atoms with E-state index in [4.69, 9.17) is 10.8 Å². The van der Waals surface area contributed by atoms with Crippen LogP contribution < -0.4 is 11.1 Å². The number of nitrogens with zero attached hydrogens (tertiary/aromatic N) is 1. The van der Waals surface area contributed by atoms with Crippen LogP contribution in [0.3, 0.4) is 0 Å². The van der Waals surface area contributed by atoms with Crippen LogP contribution in [0.1, 0.15) is 19.3 Å². The minimum absolute atomic E-state index is 0.0179. The summed E-state index contributed by atoms with van der Waals surface area (Å²) >= 11 is 0. The Morgan fingerprint density at radius 3 is 2.81 bits per heavy atom. The molecule has 1 rings (SSSR count). The predicted octanol–water partition coefficient (Wildman–Crippen LogP) is 0.857. The molecule has 1 amide bonds. The lowest BCUT2D eigenvalue weighted by atomic mass is 10.2. The molecule has 0 aliphatic rings. The Kier molecular flexibility index (Phi) is 4.26. The number of nitrogens with two attached hydrogens (primary N) is 1. The molecule has 6 heteroatoms. The smallest absolute Gasteiger partial charge is 0.303 e. The first-order valence-corrected chi connectivity index (χ1v) is 4.81. The molecule has 6 nitrogen and oxygen atoms in total. The maximum absolute atomic E-state index is 11.4. The number of carboxylic acids is 1. The van der Waals surface area contributed by atoms with Crippen LogP contribution in [-0.2, 0) is 9.59 Å². The van der Waals surface area contributed by atoms with Gasteiger partial charge in [0.1, 0.15) is 5.82 Å². The fourth-order valence-corrected chi connectivity index (χ4v) is 1.14. The normalized spacial score (nSPS) is 9.75. The molecule has 4 N–H and O–H groups in total. The van der Waals surface area contributed by atoms with E-state index in [1.54, 1.807) is 12.1 Å². The summed E-state index contributed by atoms with van der Waals surface area (Å²) in [6, 6.07) is 3.29. The minimum Gasteiger partial charge on any atom is -0.481 e. The lowest BCUT2D eigenvalue weighted by molar-refractivity contribution is -0.137. The van der Waals surface area contributed by atoms with Crippen molar-refractivity contribution in [3.63, 3.8) is 0 Å². The van der Waals surface area contributed by atoms with Gasteiger partial charge in [-0.3, -0.25) is 9.59 Å². The van der Waals surface area contributed by atoms with Crippen molar-refractivity contribution in [1.82, 2.24) is 4.98 Å². The highest BCUT2D eigenvalue weighted by atomic mass is 16.4. The van der Waals surface area contributed by atoms with E-state index in [0.29, 0.717) is 12.1 Å². The van der Waals surface area contributed by atoms with Crippen molar-refractivity contribution in [2.24, 2.45) is 0 Å². The first-order valence-electron chi connectivity index (χ1n) is 4.81. The van der Waals surface area contributed by atoms with Crippen molar-refractivity contribution in [3.05, 3.63) is 18.3 Å². The number of hydrogen-bond acceptors (Lipinski definition) is 4. The van der Waals surface area contributed by atoms with Gasteiger partial charge in [0.2, 0.25) is 5.91 Å². The second-order valence-corrected chi connectivity index (χ2v) is 3.23. The third-order valence-corrected chi connectivity index (χ3v) is 1.91. The minimum atomic E-state index is -0.909. The van der Waals surface area contributed by atoms with E-state index < -0.39 is 5.97 Å². The number of pyridine rings is 1. The third kappa shape index (κ3) is 3.95. The van der Waals surface area contributed by atoms with Crippen LogP contribution in [0.5, 0.6) is 0 Å². The summed E-state index contributed by atoms with van der Waals surface area (Å²) < 4.78 is 0. The molecule has 0 aliphatic heterocycles. The van der Waals surface area contributed by atoms with Crippen LogP contribution in [0.4, 0.5) is 11.5 Å². The molecule has 0 fully saturated rings. The summed E-state index contributed by atoms with van der Waals surface area (Å²) in [6.45, 7) is 0. The molecule has 0 spiro atoms. The lowest BCUT2D eigenvalue weighted by Crippen LogP contribution is -2.13. The number of aliphatic carboxylic acids is 1. The van der Waals surface area contributed by atoms with E-state index in [0.717, 1.165) is 0 Å². The molecule has 0 aliphatic carbocycles. The zero-order valence-corrected chi connectivity index (χ0v) is 8.64. The highest BCUT2D eigenvalue weighted by Crippen LogP contribution is 2.14. The van der Waals surface area contributed by atoms with Crippen LogP contribution in [0.2, 0.25) is 0 Å². The van der Waals surface area contributed by atoms with Gasteiger partial charge in [0, 0.05) is 19.0 Å². The average molecular weight is 223 g/mol. The summed E-state index contributed by atoms with van der Waals surface area (Å²) in [7, 11) is 0. The highest BCUT2D eigenvalue weighted by Gasteiger charge is 2.06. The van der Waals surface area contributed by atoms with Crippen molar-refractivity contribution in [2.75, 3.05) is 11.1 Å². The van der Waals surface area contributed by atoms with E-state index in [1.807, 2.05) is 0 Å². The fourth-order valence-electron chi connectivity index (χ4n) is 1.14. The van der Waals surface area contributed by atoms with Gasteiger partial charge in [0.25, 0.3) is 0 Å². The van der Waals surface area contributed by atoms with Gasteiger partial charge in [-0.25, -0.2) is 4.98 Å². The van der Waals surface area contributed by atoms with Gasteiger partial charge in [-0.1, -0.05) is 0 Å². The number of nitrogen functional groups attached to an aromatic ring is 1. The monoisotopic (exact) mass is 223 g/mol.